The number of anilines is 2. The van der Waals surface area contributed by atoms with Crippen molar-refractivity contribution in [3.05, 3.63) is 65.9 Å². The summed E-state index contributed by atoms with van der Waals surface area (Å²) in [6.45, 7) is 8.07. The van der Waals surface area contributed by atoms with Crippen molar-refractivity contribution < 1.29 is 23.6 Å². The molecule has 0 spiro atoms. The van der Waals surface area contributed by atoms with E-state index in [1.807, 2.05) is 20.8 Å². The Morgan fingerprint density at radius 3 is 2.13 bits per heavy atom. The lowest BCUT2D eigenvalue weighted by molar-refractivity contribution is 0.0526. The van der Waals surface area contributed by atoms with E-state index in [-0.39, 0.29) is 11.4 Å². The molecule has 2 N–H and O–H groups in total. The van der Waals surface area contributed by atoms with Gasteiger partial charge in [0, 0.05) is 17.2 Å². The van der Waals surface area contributed by atoms with Gasteiger partial charge in [-0.1, -0.05) is 25.9 Å². The number of esters is 1. The van der Waals surface area contributed by atoms with Gasteiger partial charge >= 0.3 is 12.0 Å². The predicted octanol–water partition coefficient (Wildman–Crippen LogP) is 5.59. The Labute approximate surface area is 180 Å². The Bertz CT molecular complexity index is 1030. The molecule has 8 heteroatoms. The van der Waals surface area contributed by atoms with E-state index in [0.29, 0.717) is 40.9 Å². The van der Waals surface area contributed by atoms with Crippen molar-refractivity contribution >= 4 is 23.5 Å². The summed E-state index contributed by atoms with van der Waals surface area (Å²) >= 11 is 0. The van der Waals surface area contributed by atoms with Gasteiger partial charge in [-0.15, -0.1) is 0 Å². The first kappa shape index (κ1) is 21.9. The van der Waals surface area contributed by atoms with Gasteiger partial charge in [0.2, 0.25) is 0 Å². The van der Waals surface area contributed by atoms with Gasteiger partial charge in [-0.2, -0.15) is 0 Å². The highest BCUT2D eigenvalue weighted by molar-refractivity contribution is 5.99. The highest BCUT2D eigenvalue weighted by Crippen LogP contribution is 2.25. The largest absolute Gasteiger partial charge is 0.462 e. The van der Waals surface area contributed by atoms with Crippen molar-refractivity contribution in [3.8, 4) is 11.5 Å². The minimum Gasteiger partial charge on any atom is -0.462 e. The number of ether oxygens (including phenoxy) is 2. The van der Waals surface area contributed by atoms with Crippen molar-refractivity contribution in [1.29, 1.82) is 0 Å². The molecular formula is C23H25N3O5. The molecule has 0 radical (unpaired) electrons. The number of benzene rings is 2. The molecule has 0 bridgehead atoms. The van der Waals surface area contributed by atoms with Crippen LogP contribution in [0.5, 0.6) is 11.5 Å². The number of carbonyl (C=O) groups is 2. The van der Waals surface area contributed by atoms with E-state index in [1.54, 1.807) is 61.5 Å². The Morgan fingerprint density at radius 1 is 0.968 bits per heavy atom. The molecule has 2 aromatic carbocycles. The van der Waals surface area contributed by atoms with Crippen molar-refractivity contribution in [3.63, 3.8) is 0 Å². The third-order valence-electron chi connectivity index (χ3n) is 4.20. The molecule has 0 atom stereocenters. The molecule has 1 aromatic heterocycles. The van der Waals surface area contributed by atoms with Gasteiger partial charge in [0.1, 0.15) is 17.3 Å². The summed E-state index contributed by atoms with van der Waals surface area (Å²) < 4.78 is 16.0. The number of carbonyl (C=O) groups excluding carboxylic acids is 2. The minimum absolute atomic E-state index is 0.196. The molecule has 0 unspecified atom stereocenters. The zero-order valence-corrected chi connectivity index (χ0v) is 17.9. The third-order valence-corrected chi connectivity index (χ3v) is 4.20. The molecule has 162 valence electrons. The fourth-order valence-electron chi connectivity index (χ4n) is 2.58. The molecule has 0 aliphatic rings. The molecule has 2 amide bonds. The first-order valence-corrected chi connectivity index (χ1v) is 9.85. The van der Waals surface area contributed by atoms with E-state index in [4.69, 9.17) is 14.0 Å². The second-order valence-electron chi connectivity index (χ2n) is 7.78. The number of urea groups is 1. The zero-order valence-electron chi connectivity index (χ0n) is 17.9. The van der Waals surface area contributed by atoms with Crippen LogP contribution < -0.4 is 15.4 Å². The van der Waals surface area contributed by atoms with Crippen LogP contribution in [-0.4, -0.2) is 23.8 Å². The Balaban J connectivity index is 1.54. The summed E-state index contributed by atoms with van der Waals surface area (Å²) in [5.41, 5.74) is 0.849. The molecule has 0 aliphatic heterocycles. The molecule has 0 saturated carbocycles. The van der Waals surface area contributed by atoms with Gasteiger partial charge < -0.3 is 19.3 Å². The van der Waals surface area contributed by atoms with Crippen LogP contribution in [-0.2, 0) is 10.2 Å². The summed E-state index contributed by atoms with van der Waals surface area (Å²) in [6, 6.07) is 14.8. The van der Waals surface area contributed by atoms with Crippen molar-refractivity contribution in [2.45, 2.75) is 33.1 Å². The zero-order chi connectivity index (χ0) is 22.4. The summed E-state index contributed by atoms with van der Waals surface area (Å²) in [6.07, 6.45) is 0. The highest BCUT2D eigenvalue weighted by atomic mass is 16.5. The van der Waals surface area contributed by atoms with Crippen molar-refractivity contribution in [1.82, 2.24) is 5.16 Å². The highest BCUT2D eigenvalue weighted by Gasteiger charge is 2.20. The second kappa shape index (κ2) is 9.34. The monoisotopic (exact) mass is 423 g/mol. The van der Waals surface area contributed by atoms with Gasteiger partial charge in [0.25, 0.3) is 0 Å². The third kappa shape index (κ3) is 6.08. The Kier molecular flexibility index (Phi) is 6.59. The first-order chi connectivity index (χ1) is 14.7. The maximum absolute atomic E-state index is 12.2. The molecule has 0 saturated heterocycles. The lowest BCUT2D eigenvalue weighted by atomic mass is 9.93. The van der Waals surface area contributed by atoms with Crippen molar-refractivity contribution in [2.24, 2.45) is 0 Å². The normalized spacial score (nSPS) is 11.0. The van der Waals surface area contributed by atoms with Gasteiger partial charge in [0.15, 0.2) is 5.82 Å². The van der Waals surface area contributed by atoms with Crippen LogP contribution in [0, 0.1) is 0 Å². The number of rotatable bonds is 6. The fraction of sp³-hybridized carbons (Fsp3) is 0.261. The molecule has 1 heterocycles. The minimum atomic E-state index is -0.433. The van der Waals surface area contributed by atoms with E-state index in [0.717, 1.165) is 0 Å². The second-order valence-corrected chi connectivity index (χ2v) is 7.78. The van der Waals surface area contributed by atoms with E-state index in [9.17, 15) is 9.59 Å². The predicted molar refractivity (Wildman–Crippen MR) is 117 cm³/mol. The summed E-state index contributed by atoms with van der Waals surface area (Å²) in [5.74, 6) is 1.81. The Morgan fingerprint density at radius 2 is 1.58 bits per heavy atom. The number of amides is 2. The first-order valence-electron chi connectivity index (χ1n) is 9.85. The van der Waals surface area contributed by atoms with Crippen LogP contribution in [0.25, 0.3) is 0 Å². The number of hydrogen-bond donors (Lipinski definition) is 2. The van der Waals surface area contributed by atoms with Crippen LogP contribution >= 0.6 is 0 Å². The van der Waals surface area contributed by atoms with E-state index in [1.165, 1.54) is 0 Å². The van der Waals surface area contributed by atoms with Crippen LogP contribution in [0.1, 0.15) is 43.8 Å². The average Bonchev–Trinajstić information content (AvgIpc) is 3.19. The van der Waals surface area contributed by atoms with Gasteiger partial charge in [-0.05, 0) is 55.5 Å². The number of nitrogens with one attached hydrogen (secondary N) is 2. The summed E-state index contributed by atoms with van der Waals surface area (Å²) in [5, 5.41) is 9.22. The molecule has 0 fully saturated rings. The molecule has 3 rings (SSSR count). The standard InChI is InChI=1S/C23H25N3O5/c1-5-29-21(27)15-6-10-17(11-7-15)30-18-12-8-16(9-13-18)24-22(28)25-20-14-19(31-26-20)23(2,3)4/h6-14H,5H2,1-4H3,(H2,24,25,26,28). The maximum Gasteiger partial charge on any atom is 0.338 e. The lowest BCUT2D eigenvalue weighted by Gasteiger charge is -2.12. The summed E-state index contributed by atoms with van der Waals surface area (Å²) in [7, 11) is 0. The van der Waals surface area contributed by atoms with Crippen molar-refractivity contribution in [2.75, 3.05) is 17.2 Å². The number of aromatic nitrogens is 1. The lowest BCUT2D eigenvalue weighted by Crippen LogP contribution is -2.19. The smallest absolute Gasteiger partial charge is 0.338 e. The van der Waals surface area contributed by atoms with Gasteiger partial charge in [0.05, 0.1) is 12.2 Å². The topological polar surface area (TPSA) is 103 Å². The molecule has 3 aromatic rings. The Hall–Kier alpha value is -3.81. The summed E-state index contributed by atoms with van der Waals surface area (Å²) in [4.78, 5) is 23.9. The maximum atomic E-state index is 12.2. The molecular weight excluding hydrogens is 398 g/mol. The van der Waals surface area contributed by atoms with Crippen LogP contribution in [0.2, 0.25) is 0 Å². The number of hydrogen-bond acceptors (Lipinski definition) is 6. The van der Waals surface area contributed by atoms with E-state index in [2.05, 4.69) is 15.8 Å². The number of nitrogens with zero attached hydrogens (tertiary/aromatic N) is 1. The average molecular weight is 423 g/mol. The van der Waals surface area contributed by atoms with Gasteiger partial charge in [-0.3, -0.25) is 5.32 Å². The van der Waals surface area contributed by atoms with E-state index < -0.39 is 6.03 Å². The van der Waals surface area contributed by atoms with E-state index >= 15 is 0 Å². The van der Waals surface area contributed by atoms with Crippen LogP contribution in [0.3, 0.4) is 0 Å². The van der Waals surface area contributed by atoms with Gasteiger partial charge in [-0.25, -0.2) is 9.59 Å². The quantitative estimate of drug-likeness (QED) is 0.501. The fourth-order valence-corrected chi connectivity index (χ4v) is 2.58. The molecule has 8 nitrogen and oxygen atoms in total. The SMILES string of the molecule is CCOC(=O)c1ccc(Oc2ccc(NC(=O)Nc3cc(C(C)(C)C)on3)cc2)cc1. The molecule has 0 aliphatic carbocycles. The molecule has 31 heavy (non-hydrogen) atoms. The van der Waals surface area contributed by atoms with Crippen LogP contribution in [0.15, 0.2) is 59.1 Å². The van der Waals surface area contributed by atoms with Crippen LogP contribution in [0.4, 0.5) is 16.3 Å².